The molecule has 44 heavy (non-hydrogen) atoms. The Balaban J connectivity index is 1.26. The van der Waals surface area contributed by atoms with E-state index in [2.05, 4.69) is 20.5 Å². The highest BCUT2D eigenvalue weighted by atomic mass is 16.4. The molecule has 13 nitrogen and oxygen atoms in total. The summed E-state index contributed by atoms with van der Waals surface area (Å²) in [7, 11) is 0. The maximum absolute atomic E-state index is 13.3. The highest BCUT2D eigenvalue weighted by Gasteiger charge is 2.30. The van der Waals surface area contributed by atoms with Crippen LogP contribution < -0.4 is 31.6 Å². The largest absolute Gasteiger partial charge is 0.494 e. The van der Waals surface area contributed by atoms with Crippen molar-refractivity contribution in [1.82, 2.24) is 10.3 Å². The number of hydrogen-bond acceptors (Lipinski definition) is 9. The van der Waals surface area contributed by atoms with Crippen LogP contribution in [0.4, 0.5) is 11.4 Å². The third-order valence-corrected chi connectivity index (χ3v) is 7.56. The molecule has 4 heterocycles. The van der Waals surface area contributed by atoms with Gasteiger partial charge in [0.05, 0.1) is 34.6 Å². The number of aromatic nitrogens is 1. The summed E-state index contributed by atoms with van der Waals surface area (Å²) >= 11 is 0. The number of hydrazone groups is 1. The summed E-state index contributed by atoms with van der Waals surface area (Å²) in [5.41, 5.74) is 3.61. The van der Waals surface area contributed by atoms with Gasteiger partial charge in [0.1, 0.15) is 0 Å². The molecule has 3 aromatic rings. The number of benzene rings is 2. The lowest BCUT2D eigenvalue weighted by Gasteiger charge is -2.18. The first-order chi connectivity index (χ1) is 21.0. The van der Waals surface area contributed by atoms with E-state index in [-0.39, 0.29) is 33.3 Å². The third-order valence-electron chi connectivity index (χ3n) is 7.56. The van der Waals surface area contributed by atoms with Gasteiger partial charge in [-0.05, 0) is 85.7 Å². The molecular weight excluding hydrogens is 568 g/mol. The van der Waals surface area contributed by atoms with Gasteiger partial charge in [0.25, 0.3) is 11.5 Å². The molecule has 0 saturated carbocycles. The molecule has 0 saturated heterocycles. The number of rotatable bonds is 6. The van der Waals surface area contributed by atoms with Gasteiger partial charge >= 0.3 is 11.9 Å². The van der Waals surface area contributed by atoms with Crippen LogP contribution in [0.5, 0.6) is 0 Å². The highest BCUT2D eigenvalue weighted by Crippen LogP contribution is 2.30. The number of nitrogens with one attached hydrogen (secondary N) is 2. The Labute approximate surface area is 248 Å². The number of H-pyrrole nitrogens is 1. The fourth-order valence-corrected chi connectivity index (χ4v) is 5.16. The molecule has 0 atom stereocenters. The number of hydrogen-bond donors (Lipinski definition) is 5. The van der Waals surface area contributed by atoms with E-state index in [1.54, 1.807) is 42.3 Å². The Morgan fingerprint density at radius 2 is 1.52 bits per heavy atom. The Morgan fingerprint density at radius 3 is 2.14 bits per heavy atom. The fourth-order valence-electron chi connectivity index (χ4n) is 5.16. The molecular formula is C31H24N6O7. The minimum absolute atomic E-state index is 0.0624. The van der Waals surface area contributed by atoms with Crippen LogP contribution in [0.25, 0.3) is 6.08 Å². The number of carbonyl (C=O) groups is 3. The molecule has 0 aliphatic carbocycles. The summed E-state index contributed by atoms with van der Waals surface area (Å²) in [5.74, 6) is -2.25. The number of fused-ring (bicyclic) bond motifs is 2. The van der Waals surface area contributed by atoms with E-state index in [0.717, 1.165) is 16.2 Å². The van der Waals surface area contributed by atoms with Gasteiger partial charge in [-0.1, -0.05) is 6.08 Å². The van der Waals surface area contributed by atoms with Crippen LogP contribution in [0.3, 0.4) is 0 Å². The van der Waals surface area contributed by atoms with Gasteiger partial charge in [-0.2, -0.15) is 10.1 Å². The van der Waals surface area contributed by atoms with Crippen LogP contribution >= 0.6 is 0 Å². The number of carboxylic acids is 2. The van der Waals surface area contributed by atoms with Gasteiger partial charge in [-0.15, -0.1) is 5.10 Å². The van der Waals surface area contributed by atoms with E-state index < -0.39 is 23.4 Å². The molecule has 1 aromatic heterocycles. The normalized spacial score (nSPS) is 16.3. The van der Waals surface area contributed by atoms with Crippen molar-refractivity contribution >= 4 is 41.1 Å². The van der Waals surface area contributed by atoms with E-state index in [0.29, 0.717) is 34.9 Å². The molecule has 2 aromatic carbocycles. The predicted octanol–water partition coefficient (Wildman–Crippen LogP) is 2.13. The molecule has 0 spiro atoms. The average Bonchev–Trinajstić information content (AvgIpc) is 3.57. The number of amides is 1. The third kappa shape index (κ3) is 4.71. The number of allylic oxidation sites excluding steroid dienone is 4. The first-order valence-electron chi connectivity index (χ1n) is 13.3. The Bertz CT molecular complexity index is 2090. The van der Waals surface area contributed by atoms with Crippen molar-refractivity contribution in [3.8, 4) is 0 Å². The van der Waals surface area contributed by atoms with Gasteiger partial charge in [0, 0.05) is 16.4 Å². The number of carboxylic acid groups (broad SMARTS) is 2. The topological polar surface area (TPSA) is 188 Å². The number of pyridine rings is 1. The zero-order valence-corrected chi connectivity index (χ0v) is 23.3. The quantitative estimate of drug-likeness (QED) is 0.286. The number of amidine groups is 1. The lowest BCUT2D eigenvalue weighted by molar-refractivity contribution is 0.0686. The van der Waals surface area contributed by atoms with Crippen molar-refractivity contribution in [3.63, 3.8) is 0 Å². The van der Waals surface area contributed by atoms with Gasteiger partial charge in [0.15, 0.2) is 17.2 Å². The molecule has 0 radical (unpaired) electrons. The molecule has 6 rings (SSSR count). The lowest BCUT2D eigenvalue weighted by atomic mass is 9.97. The van der Waals surface area contributed by atoms with Crippen LogP contribution in [0, 0.1) is 6.92 Å². The second-order valence-electron chi connectivity index (χ2n) is 10.2. The van der Waals surface area contributed by atoms with Crippen LogP contribution in [0.15, 0.2) is 98.3 Å². The maximum atomic E-state index is 13.3. The highest BCUT2D eigenvalue weighted by molar-refractivity contribution is 6.08. The van der Waals surface area contributed by atoms with E-state index in [4.69, 9.17) is 10.2 Å². The van der Waals surface area contributed by atoms with Crippen molar-refractivity contribution < 1.29 is 29.7 Å². The van der Waals surface area contributed by atoms with E-state index >= 15 is 0 Å². The van der Waals surface area contributed by atoms with E-state index in [1.807, 2.05) is 6.92 Å². The van der Waals surface area contributed by atoms with Crippen molar-refractivity contribution in [2.75, 3.05) is 16.6 Å². The summed E-state index contributed by atoms with van der Waals surface area (Å²) in [6, 6.07) is 12.0. The first-order valence-corrected chi connectivity index (χ1v) is 13.3. The SMILES string of the molecule is CC1=C2CN(c3ccc(C(=O)O)cc3)N=C2NC(O)=C1C=CC=c1c(C)c2c([nH]c1=O)=NN(c1ccc(C(=O)O)cc1)C2=O. The minimum atomic E-state index is -1.10. The number of anilines is 2. The molecule has 3 aliphatic rings. The van der Waals surface area contributed by atoms with E-state index in [1.165, 1.54) is 36.4 Å². The standard InChI is InChI=1S/C31H24N6O7/c1-15-21(27(38)32-25-23(15)14-36(34-25)19-10-6-17(7-11-19)30(41)42)4-3-5-22-16(2)24-26(33-28(22)39)35-37(29(24)40)20-12-8-18(9-13-20)31(43)44/h3-13H,14H2,1-2H3,(H,41,42)(H,43,44)(H2,32,34,38)(H,33,35,39). The Morgan fingerprint density at radius 1 is 0.909 bits per heavy atom. The average molecular weight is 593 g/mol. The number of dihydropyridines is 1. The van der Waals surface area contributed by atoms with Crippen molar-refractivity contribution in [2.24, 2.45) is 10.2 Å². The summed E-state index contributed by atoms with van der Waals surface area (Å²) in [6.07, 6.45) is 4.78. The van der Waals surface area contributed by atoms with Crippen LogP contribution in [0.2, 0.25) is 0 Å². The number of carbonyl (C=O) groups excluding carboxylic acids is 1. The molecule has 3 aliphatic heterocycles. The number of aromatic amines is 1. The predicted molar refractivity (Wildman–Crippen MR) is 160 cm³/mol. The summed E-state index contributed by atoms with van der Waals surface area (Å²) in [6.45, 7) is 3.87. The van der Waals surface area contributed by atoms with Gasteiger partial charge in [0.2, 0.25) is 0 Å². The van der Waals surface area contributed by atoms with Crippen LogP contribution in [0.1, 0.15) is 43.6 Å². The van der Waals surface area contributed by atoms with Gasteiger partial charge < -0.3 is 25.6 Å². The smallest absolute Gasteiger partial charge is 0.335 e. The zero-order valence-electron chi connectivity index (χ0n) is 23.3. The van der Waals surface area contributed by atoms with E-state index in [9.17, 15) is 24.3 Å². The van der Waals surface area contributed by atoms with Crippen molar-refractivity contribution in [3.05, 3.63) is 127 Å². The Hall–Kier alpha value is -6.24. The molecule has 220 valence electrons. The van der Waals surface area contributed by atoms with Gasteiger partial charge in [-0.3, -0.25) is 14.6 Å². The number of aromatic carboxylic acids is 2. The molecule has 13 heteroatoms. The second kappa shape index (κ2) is 10.5. The summed E-state index contributed by atoms with van der Waals surface area (Å²) in [4.78, 5) is 51.2. The maximum Gasteiger partial charge on any atom is 0.335 e. The number of aliphatic hydroxyl groups is 1. The van der Waals surface area contributed by atoms with Crippen LogP contribution in [-0.4, -0.2) is 50.5 Å². The number of aliphatic hydroxyl groups excluding tert-OH is 1. The molecule has 0 fully saturated rings. The fraction of sp³-hybridized carbons (Fsp3) is 0.0968. The molecule has 1 amide bonds. The summed E-state index contributed by atoms with van der Waals surface area (Å²) in [5, 5.41) is 43.7. The molecule has 0 unspecified atom stereocenters. The molecule has 0 bridgehead atoms. The van der Waals surface area contributed by atoms with Gasteiger partial charge in [-0.25, -0.2) is 9.59 Å². The van der Waals surface area contributed by atoms with Crippen LogP contribution in [-0.2, 0) is 0 Å². The lowest BCUT2D eigenvalue weighted by Crippen LogP contribution is -2.38. The monoisotopic (exact) mass is 592 g/mol. The zero-order chi connectivity index (χ0) is 31.3. The summed E-state index contributed by atoms with van der Waals surface area (Å²) < 4.78 is 0. The van der Waals surface area contributed by atoms with Crippen molar-refractivity contribution in [2.45, 2.75) is 13.8 Å². The molecule has 5 N–H and O–H groups in total. The Kier molecular flexibility index (Phi) is 6.69. The second-order valence-corrected chi connectivity index (χ2v) is 10.2. The first kappa shape index (κ1) is 27.9. The number of nitrogens with zero attached hydrogens (tertiary/aromatic N) is 4. The minimum Gasteiger partial charge on any atom is -0.494 e. The van der Waals surface area contributed by atoms with Crippen molar-refractivity contribution in [1.29, 1.82) is 0 Å².